The molecule has 3 unspecified atom stereocenters. The largest absolute Gasteiger partial charge is 0.332 e. The minimum Gasteiger partial charge on any atom is -0.312 e. The summed E-state index contributed by atoms with van der Waals surface area (Å²) in [6, 6.07) is 0. The van der Waals surface area contributed by atoms with E-state index in [-0.39, 0.29) is 0 Å². The predicted molar refractivity (Wildman–Crippen MR) is 125 cm³/mol. The Balaban J connectivity index is 3.98. The van der Waals surface area contributed by atoms with E-state index >= 15 is 0 Å². The third kappa shape index (κ3) is 18.3. The highest BCUT2D eigenvalue weighted by atomic mass is 31.2. The van der Waals surface area contributed by atoms with Crippen LogP contribution in [-0.2, 0) is 13.6 Å². The van der Waals surface area contributed by atoms with Gasteiger partial charge in [-0.25, -0.2) is 0 Å². The Labute approximate surface area is 178 Å². The molecule has 3 atom stereocenters. The highest BCUT2D eigenvalue weighted by molar-refractivity contribution is 7.41. The van der Waals surface area contributed by atoms with Gasteiger partial charge in [-0.3, -0.25) is 0 Å². The first-order valence-electron chi connectivity index (χ1n) is 12.2. The maximum atomic E-state index is 5.98. The van der Waals surface area contributed by atoms with Crippen LogP contribution in [0.25, 0.3) is 0 Å². The molecule has 0 saturated carbocycles. The fourth-order valence-electron chi connectivity index (χ4n) is 2.93. The van der Waals surface area contributed by atoms with Gasteiger partial charge in [0.2, 0.25) is 0 Å². The van der Waals surface area contributed by atoms with Crippen LogP contribution in [0.1, 0.15) is 119 Å². The molecule has 0 spiro atoms. The summed E-state index contributed by atoms with van der Waals surface area (Å²) in [4.78, 5) is 0. The van der Waals surface area contributed by atoms with E-state index in [2.05, 4.69) is 41.5 Å². The average molecular weight is 419 g/mol. The molecular weight excluding hydrogens is 367 g/mol. The topological polar surface area (TPSA) is 27.7 Å². The SMILES string of the molecule is CCC(C)CCCCOP(OCCCCC(C)CC)OCCCCC(C)CC. The summed E-state index contributed by atoms with van der Waals surface area (Å²) in [6.07, 6.45) is 14.7. The monoisotopic (exact) mass is 418 g/mol. The van der Waals surface area contributed by atoms with Crippen molar-refractivity contribution in [3.63, 3.8) is 0 Å². The van der Waals surface area contributed by atoms with Crippen LogP contribution in [0.4, 0.5) is 0 Å². The lowest BCUT2D eigenvalue weighted by molar-refractivity contribution is 0.152. The molecule has 0 aliphatic heterocycles. The zero-order valence-corrected chi connectivity index (χ0v) is 20.9. The third-order valence-corrected chi connectivity index (χ3v) is 7.13. The van der Waals surface area contributed by atoms with Gasteiger partial charge < -0.3 is 13.6 Å². The first-order chi connectivity index (χ1) is 13.5. The van der Waals surface area contributed by atoms with Crippen molar-refractivity contribution in [1.29, 1.82) is 0 Å². The predicted octanol–water partition coefficient (Wildman–Crippen LogP) is 8.91. The van der Waals surface area contributed by atoms with Crippen LogP contribution in [0, 0.1) is 17.8 Å². The van der Waals surface area contributed by atoms with Gasteiger partial charge in [-0.2, -0.15) is 0 Å². The highest BCUT2D eigenvalue weighted by Crippen LogP contribution is 2.40. The maximum Gasteiger partial charge on any atom is 0.332 e. The molecule has 170 valence electrons. The molecular formula is C24H51O3P. The van der Waals surface area contributed by atoms with Crippen LogP contribution in [0.3, 0.4) is 0 Å². The van der Waals surface area contributed by atoms with Crippen LogP contribution >= 0.6 is 8.60 Å². The lowest BCUT2D eigenvalue weighted by Crippen LogP contribution is -2.02. The second-order valence-electron chi connectivity index (χ2n) is 8.75. The summed E-state index contributed by atoms with van der Waals surface area (Å²) >= 11 is 0. The Morgan fingerprint density at radius 3 is 1.04 bits per heavy atom. The summed E-state index contributed by atoms with van der Waals surface area (Å²) in [6.45, 7) is 16.1. The van der Waals surface area contributed by atoms with E-state index in [1.807, 2.05) is 0 Å². The normalized spacial score (nSPS) is 16.1. The molecule has 0 aromatic carbocycles. The van der Waals surface area contributed by atoms with Crippen LogP contribution in [0.2, 0.25) is 0 Å². The Morgan fingerprint density at radius 1 is 0.500 bits per heavy atom. The Hall–Kier alpha value is 0.310. The number of rotatable bonds is 21. The second kappa shape index (κ2) is 20.6. The van der Waals surface area contributed by atoms with Crippen molar-refractivity contribution in [2.45, 2.75) is 119 Å². The van der Waals surface area contributed by atoms with E-state index in [0.717, 1.165) is 56.8 Å². The van der Waals surface area contributed by atoms with E-state index in [1.54, 1.807) is 0 Å². The van der Waals surface area contributed by atoms with Crippen molar-refractivity contribution in [2.75, 3.05) is 19.8 Å². The first-order valence-corrected chi connectivity index (χ1v) is 13.3. The fraction of sp³-hybridized carbons (Fsp3) is 1.00. The van der Waals surface area contributed by atoms with Gasteiger partial charge >= 0.3 is 8.60 Å². The molecule has 0 aromatic heterocycles. The quantitative estimate of drug-likeness (QED) is 0.137. The van der Waals surface area contributed by atoms with Gasteiger partial charge in [0.15, 0.2) is 0 Å². The number of unbranched alkanes of at least 4 members (excludes halogenated alkanes) is 3. The summed E-state index contributed by atoms with van der Waals surface area (Å²) in [5, 5.41) is 0. The molecule has 0 fully saturated rings. The van der Waals surface area contributed by atoms with Gasteiger partial charge in [-0.15, -0.1) is 0 Å². The fourth-order valence-corrected chi connectivity index (χ4v) is 3.98. The molecule has 4 heteroatoms. The highest BCUT2D eigenvalue weighted by Gasteiger charge is 2.13. The van der Waals surface area contributed by atoms with E-state index in [4.69, 9.17) is 13.6 Å². The average Bonchev–Trinajstić information content (AvgIpc) is 2.71. The number of hydrogen-bond acceptors (Lipinski definition) is 3. The molecule has 0 aliphatic carbocycles. The molecule has 0 aliphatic rings. The summed E-state index contributed by atoms with van der Waals surface area (Å²) in [5.74, 6) is 2.47. The summed E-state index contributed by atoms with van der Waals surface area (Å²) in [5.41, 5.74) is 0. The van der Waals surface area contributed by atoms with Crippen molar-refractivity contribution in [1.82, 2.24) is 0 Å². The van der Waals surface area contributed by atoms with E-state index in [9.17, 15) is 0 Å². The zero-order chi connectivity index (χ0) is 21.0. The molecule has 0 heterocycles. The number of hydrogen-bond donors (Lipinski definition) is 0. The molecule has 0 bridgehead atoms. The standard InChI is InChI=1S/C24H51O3P/c1-7-22(4)16-10-13-19-25-28(26-20-14-11-17-23(5)8-2)27-21-15-12-18-24(6)9-3/h22-24H,7-21H2,1-6H3. The van der Waals surface area contributed by atoms with Crippen molar-refractivity contribution < 1.29 is 13.6 Å². The van der Waals surface area contributed by atoms with Crippen molar-refractivity contribution in [2.24, 2.45) is 17.8 Å². The molecule has 3 nitrogen and oxygen atoms in total. The Bertz CT molecular complexity index is 267. The van der Waals surface area contributed by atoms with Gasteiger partial charge in [0.1, 0.15) is 0 Å². The molecule has 0 saturated heterocycles. The van der Waals surface area contributed by atoms with Crippen LogP contribution in [0.15, 0.2) is 0 Å². The second-order valence-corrected chi connectivity index (χ2v) is 9.97. The lowest BCUT2D eigenvalue weighted by atomic mass is 10.0. The molecule has 0 aromatic rings. The first kappa shape index (κ1) is 28.3. The van der Waals surface area contributed by atoms with Crippen LogP contribution in [0.5, 0.6) is 0 Å². The van der Waals surface area contributed by atoms with Crippen molar-refractivity contribution in [3.8, 4) is 0 Å². The minimum atomic E-state index is -1.17. The van der Waals surface area contributed by atoms with Crippen molar-refractivity contribution >= 4 is 8.60 Å². The zero-order valence-electron chi connectivity index (χ0n) is 20.0. The van der Waals surface area contributed by atoms with Gasteiger partial charge in [0.25, 0.3) is 0 Å². The van der Waals surface area contributed by atoms with Crippen LogP contribution < -0.4 is 0 Å². The van der Waals surface area contributed by atoms with Gasteiger partial charge in [-0.1, -0.05) is 99.3 Å². The van der Waals surface area contributed by atoms with Gasteiger partial charge in [0.05, 0.1) is 19.8 Å². The third-order valence-electron chi connectivity index (χ3n) is 5.95. The molecule has 0 radical (unpaired) electrons. The summed E-state index contributed by atoms with van der Waals surface area (Å²) in [7, 11) is -1.17. The Morgan fingerprint density at radius 2 is 0.786 bits per heavy atom. The smallest absolute Gasteiger partial charge is 0.312 e. The van der Waals surface area contributed by atoms with E-state index in [0.29, 0.717) is 0 Å². The van der Waals surface area contributed by atoms with E-state index < -0.39 is 8.60 Å². The van der Waals surface area contributed by atoms with Crippen LogP contribution in [-0.4, -0.2) is 19.8 Å². The minimum absolute atomic E-state index is 0.766. The summed E-state index contributed by atoms with van der Waals surface area (Å²) < 4.78 is 17.9. The molecule has 0 amide bonds. The van der Waals surface area contributed by atoms with Gasteiger partial charge in [-0.05, 0) is 37.0 Å². The molecule has 28 heavy (non-hydrogen) atoms. The van der Waals surface area contributed by atoms with E-state index in [1.165, 1.54) is 57.8 Å². The van der Waals surface area contributed by atoms with Gasteiger partial charge in [0, 0.05) is 0 Å². The Kier molecular flexibility index (Phi) is 20.8. The molecule has 0 rings (SSSR count). The lowest BCUT2D eigenvalue weighted by Gasteiger charge is -2.17. The van der Waals surface area contributed by atoms with Crippen molar-refractivity contribution in [3.05, 3.63) is 0 Å². The molecule has 0 N–H and O–H groups in total. The maximum absolute atomic E-state index is 5.98.